The number of carbonyl (C=O) groups is 1. The van der Waals surface area contributed by atoms with E-state index in [0.717, 1.165) is 11.1 Å². The molecule has 1 fully saturated rings. The molecule has 0 aliphatic heterocycles. The number of methoxy groups -OCH3 is 6. The lowest BCUT2D eigenvalue weighted by molar-refractivity contribution is -0.259. The third-order valence-corrected chi connectivity index (χ3v) is 6.64. The van der Waals surface area contributed by atoms with Gasteiger partial charge in [-0.25, -0.2) is 0 Å². The zero-order valence-electron chi connectivity index (χ0n) is 19.2. The lowest BCUT2D eigenvalue weighted by Crippen LogP contribution is -2.69. The van der Waals surface area contributed by atoms with E-state index in [9.17, 15) is 4.79 Å². The van der Waals surface area contributed by atoms with E-state index < -0.39 is 11.4 Å². The van der Waals surface area contributed by atoms with Crippen LogP contribution in [0.4, 0.5) is 0 Å². The van der Waals surface area contributed by atoms with Gasteiger partial charge in [0.05, 0.1) is 21.3 Å². The van der Waals surface area contributed by atoms with Crippen LogP contribution in [0.5, 0.6) is 17.2 Å². The normalized spacial score (nSPS) is 26.4. The maximum atomic E-state index is 13.7. The van der Waals surface area contributed by atoms with Crippen LogP contribution in [0, 0.1) is 11.8 Å². The fourth-order valence-electron chi connectivity index (χ4n) is 5.20. The van der Waals surface area contributed by atoms with Crippen LogP contribution >= 0.6 is 0 Å². The van der Waals surface area contributed by atoms with Crippen LogP contribution in [0.1, 0.15) is 18.4 Å². The van der Waals surface area contributed by atoms with Gasteiger partial charge in [0.1, 0.15) is 0 Å². The van der Waals surface area contributed by atoms with E-state index in [1.54, 1.807) is 28.4 Å². The largest absolute Gasteiger partial charge is 0.493 e. The zero-order valence-corrected chi connectivity index (χ0v) is 19.2. The topological polar surface area (TPSA) is 72.5 Å². The molecular weight excluding hydrogens is 400 g/mol. The number of carbonyl (C=O) groups excluding carboxylic acids is 1. The number of rotatable bonds is 10. The molecule has 3 aliphatic rings. The van der Waals surface area contributed by atoms with Gasteiger partial charge in [0.25, 0.3) is 0 Å². The summed E-state index contributed by atoms with van der Waals surface area (Å²) < 4.78 is 33.8. The molecule has 0 saturated heterocycles. The molecule has 0 heterocycles. The molecule has 1 saturated carbocycles. The van der Waals surface area contributed by atoms with Gasteiger partial charge in [0.15, 0.2) is 17.1 Å². The number of ether oxygens (including phenoxy) is 6. The van der Waals surface area contributed by atoms with Crippen LogP contribution in [0.25, 0.3) is 0 Å². The van der Waals surface area contributed by atoms with E-state index in [2.05, 4.69) is 6.58 Å². The van der Waals surface area contributed by atoms with Crippen molar-refractivity contribution in [2.24, 2.45) is 11.8 Å². The number of ketones is 1. The van der Waals surface area contributed by atoms with Crippen LogP contribution in [0.3, 0.4) is 0 Å². The third-order valence-electron chi connectivity index (χ3n) is 6.64. The smallest absolute Gasteiger partial charge is 0.238 e. The molecular formula is C24H32O7. The fraction of sp³-hybridized carbons (Fsp3) is 0.542. The molecule has 0 N–H and O–H groups in total. The second-order valence-corrected chi connectivity index (χ2v) is 7.84. The predicted molar refractivity (Wildman–Crippen MR) is 116 cm³/mol. The van der Waals surface area contributed by atoms with Crippen molar-refractivity contribution in [2.75, 3.05) is 42.7 Å². The summed E-state index contributed by atoms with van der Waals surface area (Å²) in [6.07, 6.45) is 5.65. The summed E-state index contributed by atoms with van der Waals surface area (Å²) in [5.41, 5.74) is 0.830. The monoisotopic (exact) mass is 432 g/mol. The number of benzene rings is 1. The molecule has 0 radical (unpaired) electrons. The van der Waals surface area contributed by atoms with Gasteiger partial charge in [0, 0.05) is 33.2 Å². The van der Waals surface area contributed by atoms with Crippen molar-refractivity contribution in [3.8, 4) is 17.2 Å². The fourth-order valence-corrected chi connectivity index (χ4v) is 5.20. The summed E-state index contributed by atoms with van der Waals surface area (Å²) in [6.45, 7) is 3.86. The van der Waals surface area contributed by atoms with Crippen molar-refractivity contribution >= 4 is 5.78 Å². The Morgan fingerprint density at radius 2 is 1.61 bits per heavy atom. The van der Waals surface area contributed by atoms with Crippen LogP contribution < -0.4 is 14.2 Å². The molecule has 3 atom stereocenters. The van der Waals surface area contributed by atoms with Crippen molar-refractivity contribution in [3.63, 3.8) is 0 Å². The molecule has 0 amide bonds. The Morgan fingerprint density at radius 3 is 2.06 bits per heavy atom. The van der Waals surface area contributed by atoms with Gasteiger partial charge in [-0.2, -0.15) is 0 Å². The number of fused-ring (bicyclic) bond motifs is 2. The Hall–Kier alpha value is -2.35. The van der Waals surface area contributed by atoms with Crippen LogP contribution in [0.2, 0.25) is 0 Å². The number of hydrogen-bond donors (Lipinski definition) is 0. The average molecular weight is 433 g/mol. The molecule has 0 spiro atoms. The summed E-state index contributed by atoms with van der Waals surface area (Å²) in [5, 5.41) is 0. The Kier molecular flexibility index (Phi) is 6.79. The number of hydrogen-bond acceptors (Lipinski definition) is 7. The van der Waals surface area contributed by atoms with E-state index in [1.807, 2.05) is 24.3 Å². The maximum absolute atomic E-state index is 13.7. The lowest BCUT2D eigenvalue weighted by Gasteiger charge is -2.55. The Balaban J connectivity index is 2.07. The Labute approximate surface area is 183 Å². The third kappa shape index (κ3) is 3.45. The molecule has 1 aromatic carbocycles. The first kappa shape index (κ1) is 23.3. The molecule has 7 nitrogen and oxygen atoms in total. The highest BCUT2D eigenvalue weighted by atomic mass is 16.7. The molecule has 31 heavy (non-hydrogen) atoms. The molecule has 0 aromatic heterocycles. The maximum Gasteiger partial charge on any atom is 0.238 e. The number of allylic oxidation sites excluding steroid dienone is 1. The van der Waals surface area contributed by atoms with Gasteiger partial charge < -0.3 is 28.4 Å². The van der Waals surface area contributed by atoms with Gasteiger partial charge >= 0.3 is 0 Å². The van der Waals surface area contributed by atoms with E-state index in [0.29, 0.717) is 36.5 Å². The highest BCUT2D eigenvalue weighted by Crippen LogP contribution is 2.55. The highest BCUT2D eigenvalue weighted by Gasteiger charge is 2.66. The van der Waals surface area contributed by atoms with E-state index in [-0.39, 0.29) is 17.6 Å². The van der Waals surface area contributed by atoms with E-state index in [4.69, 9.17) is 28.4 Å². The minimum Gasteiger partial charge on any atom is -0.493 e. The second-order valence-electron chi connectivity index (χ2n) is 7.84. The predicted octanol–water partition coefficient (Wildman–Crippen LogP) is 3.35. The molecule has 7 heteroatoms. The molecule has 3 aliphatic carbocycles. The SMILES string of the molecule is C=CCC1=CC2(OC)C(=O)C(OC)(OC)C1CC2Cc1cc(OC)c(OC)c(OC)c1. The lowest BCUT2D eigenvalue weighted by atomic mass is 9.57. The van der Waals surface area contributed by atoms with Crippen molar-refractivity contribution in [1.82, 2.24) is 0 Å². The Morgan fingerprint density at radius 1 is 1.00 bits per heavy atom. The first-order chi connectivity index (χ1) is 14.9. The Bertz CT molecular complexity index is 846. The van der Waals surface area contributed by atoms with Gasteiger partial charge in [-0.3, -0.25) is 4.79 Å². The minimum atomic E-state index is -1.37. The molecule has 4 rings (SSSR count). The molecule has 170 valence electrons. The van der Waals surface area contributed by atoms with Crippen LogP contribution in [-0.2, 0) is 25.4 Å². The number of Topliss-reactive ketones (excluding diaryl/α,β-unsaturated/α-hetero) is 1. The van der Waals surface area contributed by atoms with Gasteiger partial charge in [-0.1, -0.05) is 11.6 Å². The molecule has 2 bridgehead atoms. The standard InChI is InChI=1S/C24H32O7/c1-8-9-16-14-23(29-5)17(13-18(16)24(30-6,31-7)22(23)25)10-15-11-19(26-2)21(28-4)20(12-15)27-3/h8,11-12,14,17-18H,1,9-10,13H2,2-7H3. The summed E-state index contributed by atoms with van der Waals surface area (Å²) in [4.78, 5) is 13.7. The first-order valence-electron chi connectivity index (χ1n) is 10.2. The zero-order chi connectivity index (χ0) is 22.8. The van der Waals surface area contributed by atoms with Gasteiger partial charge in [0.2, 0.25) is 17.3 Å². The summed E-state index contributed by atoms with van der Waals surface area (Å²) in [5.74, 6) is -0.254. The van der Waals surface area contributed by atoms with Crippen LogP contribution in [-0.4, -0.2) is 59.8 Å². The van der Waals surface area contributed by atoms with Crippen molar-refractivity contribution in [3.05, 3.63) is 42.0 Å². The van der Waals surface area contributed by atoms with Crippen molar-refractivity contribution in [1.29, 1.82) is 0 Å². The summed E-state index contributed by atoms with van der Waals surface area (Å²) in [6, 6.07) is 3.82. The second kappa shape index (κ2) is 9.02. The first-order valence-corrected chi connectivity index (χ1v) is 10.2. The van der Waals surface area contributed by atoms with Crippen LogP contribution in [0.15, 0.2) is 36.4 Å². The van der Waals surface area contributed by atoms with Gasteiger partial charge in [-0.05, 0) is 43.0 Å². The van der Waals surface area contributed by atoms with Gasteiger partial charge in [-0.15, -0.1) is 6.58 Å². The van der Waals surface area contributed by atoms with Crippen molar-refractivity contribution < 1.29 is 33.2 Å². The molecule has 1 aromatic rings. The van der Waals surface area contributed by atoms with Crippen molar-refractivity contribution in [2.45, 2.75) is 30.7 Å². The summed E-state index contributed by atoms with van der Waals surface area (Å²) in [7, 11) is 9.30. The highest BCUT2D eigenvalue weighted by molar-refractivity contribution is 5.99. The average Bonchev–Trinajstić information content (AvgIpc) is 2.80. The van der Waals surface area contributed by atoms with E-state index in [1.165, 1.54) is 14.2 Å². The van der Waals surface area contributed by atoms with E-state index >= 15 is 0 Å². The molecule has 3 unspecified atom stereocenters. The quantitative estimate of drug-likeness (QED) is 0.415. The summed E-state index contributed by atoms with van der Waals surface area (Å²) >= 11 is 0. The minimum absolute atomic E-state index is 0.121.